The summed E-state index contributed by atoms with van der Waals surface area (Å²) in [5.74, 6) is 2.23. The number of hydrogen-bond donors (Lipinski definition) is 1. The maximum absolute atomic E-state index is 13.2. The molecule has 0 saturated carbocycles. The van der Waals surface area contributed by atoms with E-state index in [0.29, 0.717) is 36.9 Å². The molecule has 1 amide bonds. The van der Waals surface area contributed by atoms with E-state index in [4.69, 9.17) is 0 Å². The number of nitrogens with one attached hydrogen (secondary N) is 1. The second-order valence-electron chi connectivity index (χ2n) is 8.14. The number of aryl methyl sites for hydroxylation is 2. The van der Waals surface area contributed by atoms with E-state index in [0.717, 1.165) is 33.6 Å². The van der Waals surface area contributed by atoms with Crippen LogP contribution in [0.25, 0.3) is 10.6 Å². The van der Waals surface area contributed by atoms with Crippen molar-refractivity contribution in [3.05, 3.63) is 76.9 Å². The standard InChI is InChI=1S/C25H25N7OS/c1-17-7-6-10-20(26-17)28-21-11-12-22(30-29-21)31-13-15-32(16-14-31)25(33)23-18(2)27-24(34-23)19-8-4-3-5-9-19/h3-12H,13-16H2,1-2H3,(H,26,28,29). The Morgan fingerprint density at radius 1 is 0.853 bits per heavy atom. The molecule has 0 bridgehead atoms. The molecule has 34 heavy (non-hydrogen) atoms. The fraction of sp³-hybridized carbons (Fsp3) is 0.240. The predicted octanol–water partition coefficient (Wildman–Crippen LogP) is 4.32. The number of anilines is 3. The number of hydrogen-bond acceptors (Lipinski definition) is 8. The summed E-state index contributed by atoms with van der Waals surface area (Å²) in [5, 5.41) is 12.7. The molecule has 0 atom stereocenters. The summed E-state index contributed by atoms with van der Waals surface area (Å²) < 4.78 is 0. The highest BCUT2D eigenvalue weighted by Gasteiger charge is 2.26. The van der Waals surface area contributed by atoms with Crippen molar-refractivity contribution >= 4 is 34.7 Å². The largest absolute Gasteiger partial charge is 0.352 e. The van der Waals surface area contributed by atoms with Crippen LogP contribution in [0.2, 0.25) is 0 Å². The lowest BCUT2D eigenvalue weighted by Crippen LogP contribution is -2.49. The smallest absolute Gasteiger partial charge is 0.265 e. The van der Waals surface area contributed by atoms with Gasteiger partial charge in [0.15, 0.2) is 11.6 Å². The van der Waals surface area contributed by atoms with E-state index in [1.165, 1.54) is 11.3 Å². The molecule has 1 aromatic carbocycles. The molecule has 9 heteroatoms. The molecule has 0 radical (unpaired) electrons. The minimum Gasteiger partial charge on any atom is -0.352 e. The van der Waals surface area contributed by atoms with Crippen molar-refractivity contribution in [1.29, 1.82) is 0 Å². The van der Waals surface area contributed by atoms with Gasteiger partial charge in [-0.15, -0.1) is 21.5 Å². The lowest BCUT2D eigenvalue weighted by molar-refractivity contribution is 0.0750. The van der Waals surface area contributed by atoms with E-state index < -0.39 is 0 Å². The van der Waals surface area contributed by atoms with Gasteiger partial charge in [0.2, 0.25) is 0 Å². The maximum Gasteiger partial charge on any atom is 0.265 e. The highest BCUT2D eigenvalue weighted by Crippen LogP contribution is 2.29. The minimum atomic E-state index is 0.0492. The summed E-state index contributed by atoms with van der Waals surface area (Å²) >= 11 is 1.46. The summed E-state index contributed by atoms with van der Waals surface area (Å²) in [6, 6.07) is 19.6. The molecule has 1 N–H and O–H groups in total. The normalized spacial score (nSPS) is 13.7. The van der Waals surface area contributed by atoms with Crippen LogP contribution in [0.3, 0.4) is 0 Å². The lowest BCUT2D eigenvalue weighted by atomic mass is 10.2. The molecule has 3 aromatic heterocycles. The molecule has 4 heterocycles. The first kappa shape index (κ1) is 22.0. The van der Waals surface area contributed by atoms with Gasteiger partial charge in [-0.25, -0.2) is 9.97 Å². The fourth-order valence-corrected chi connectivity index (χ4v) is 4.93. The molecule has 8 nitrogen and oxygen atoms in total. The number of rotatable bonds is 5. The molecule has 1 aliphatic rings. The average molecular weight is 472 g/mol. The van der Waals surface area contributed by atoms with Gasteiger partial charge in [0.05, 0.1) is 5.69 Å². The number of carbonyl (C=O) groups excluding carboxylic acids is 1. The molecule has 4 aromatic rings. The molecular weight excluding hydrogens is 446 g/mol. The summed E-state index contributed by atoms with van der Waals surface area (Å²) in [4.78, 5) is 27.0. The topological polar surface area (TPSA) is 87.1 Å². The van der Waals surface area contributed by atoms with Gasteiger partial charge in [0.1, 0.15) is 15.7 Å². The van der Waals surface area contributed by atoms with Crippen molar-refractivity contribution in [2.75, 3.05) is 36.4 Å². The summed E-state index contributed by atoms with van der Waals surface area (Å²) in [5.41, 5.74) is 2.76. The first-order valence-corrected chi connectivity index (χ1v) is 12.0. The Morgan fingerprint density at radius 3 is 2.35 bits per heavy atom. The number of carbonyl (C=O) groups is 1. The molecule has 0 unspecified atom stereocenters. The SMILES string of the molecule is Cc1cccc(Nc2ccc(N3CCN(C(=O)c4sc(-c5ccccc5)nc4C)CC3)nn2)n1. The maximum atomic E-state index is 13.2. The first-order valence-electron chi connectivity index (χ1n) is 11.2. The number of piperazine rings is 1. The zero-order valence-electron chi connectivity index (χ0n) is 19.1. The highest BCUT2D eigenvalue weighted by atomic mass is 32.1. The van der Waals surface area contributed by atoms with Crippen LogP contribution in [-0.4, -0.2) is 57.2 Å². The lowest BCUT2D eigenvalue weighted by Gasteiger charge is -2.35. The molecule has 1 saturated heterocycles. The quantitative estimate of drug-likeness (QED) is 0.464. The van der Waals surface area contributed by atoms with Crippen LogP contribution in [-0.2, 0) is 0 Å². The molecule has 5 rings (SSSR count). The molecule has 0 spiro atoms. The van der Waals surface area contributed by atoms with E-state index in [1.807, 2.05) is 79.4 Å². The van der Waals surface area contributed by atoms with Crippen LogP contribution in [0.5, 0.6) is 0 Å². The summed E-state index contributed by atoms with van der Waals surface area (Å²) in [6.07, 6.45) is 0. The van der Waals surface area contributed by atoms with Gasteiger partial charge >= 0.3 is 0 Å². The monoisotopic (exact) mass is 471 g/mol. The van der Waals surface area contributed by atoms with Gasteiger partial charge in [0.25, 0.3) is 5.91 Å². The number of nitrogens with zero attached hydrogens (tertiary/aromatic N) is 6. The zero-order chi connectivity index (χ0) is 23.5. The second-order valence-corrected chi connectivity index (χ2v) is 9.14. The number of amides is 1. The van der Waals surface area contributed by atoms with E-state index in [2.05, 4.69) is 30.4 Å². The van der Waals surface area contributed by atoms with Crippen LogP contribution in [0, 0.1) is 13.8 Å². The van der Waals surface area contributed by atoms with E-state index in [9.17, 15) is 4.79 Å². The van der Waals surface area contributed by atoms with Crippen molar-refractivity contribution in [3.63, 3.8) is 0 Å². The number of benzene rings is 1. The molecule has 1 aliphatic heterocycles. The van der Waals surface area contributed by atoms with E-state index in [1.54, 1.807) is 0 Å². The average Bonchev–Trinajstić information content (AvgIpc) is 3.26. The number of aromatic nitrogens is 4. The van der Waals surface area contributed by atoms with Crippen molar-refractivity contribution in [2.45, 2.75) is 13.8 Å². The highest BCUT2D eigenvalue weighted by molar-refractivity contribution is 7.17. The van der Waals surface area contributed by atoms with E-state index >= 15 is 0 Å². The molecular formula is C25H25N7OS. The third-order valence-electron chi connectivity index (χ3n) is 5.70. The second kappa shape index (κ2) is 9.56. The van der Waals surface area contributed by atoms with Crippen LogP contribution in [0.4, 0.5) is 17.5 Å². The van der Waals surface area contributed by atoms with Crippen LogP contribution in [0.1, 0.15) is 21.1 Å². The first-order chi connectivity index (χ1) is 16.6. The van der Waals surface area contributed by atoms with Crippen LogP contribution >= 0.6 is 11.3 Å². The summed E-state index contributed by atoms with van der Waals surface area (Å²) in [7, 11) is 0. The minimum absolute atomic E-state index is 0.0492. The van der Waals surface area contributed by atoms with Crippen molar-refractivity contribution < 1.29 is 4.79 Å². The molecule has 1 fully saturated rings. The van der Waals surface area contributed by atoms with Gasteiger partial charge in [-0.3, -0.25) is 4.79 Å². The van der Waals surface area contributed by atoms with E-state index in [-0.39, 0.29) is 5.91 Å². The van der Waals surface area contributed by atoms with Gasteiger partial charge < -0.3 is 15.1 Å². The van der Waals surface area contributed by atoms with Crippen molar-refractivity contribution in [3.8, 4) is 10.6 Å². The zero-order valence-corrected chi connectivity index (χ0v) is 19.9. The van der Waals surface area contributed by atoms with Crippen molar-refractivity contribution in [1.82, 2.24) is 25.1 Å². The third-order valence-corrected chi connectivity index (χ3v) is 6.89. The fourth-order valence-electron chi connectivity index (χ4n) is 3.89. The summed E-state index contributed by atoms with van der Waals surface area (Å²) in [6.45, 7) is 6.52. The van der Waals surface area contributed by atoms with Crippen LogP contribution < -0.4 is 10.2 Å². The Bertz CT molecular complexity index is 1280. The van der Waals surface area contributed by atoms with Gasteiger partial charge in [-0.1, -0.05) is 36.4 Å². The van der Waals surface area contributed by atoms with Crippen LogP contribution in [0.15, 0.2) is 60.7 Å². The third kappa shape index (κ3) is 4.74. The Morgan fingerprint density at radius 2 is 1.65 bits per heavy atom. The molecule has 0 aliphatic carbocycles. The Labute approximate surface area is 202 Å². The van der Waals surface area contributed by atoms with Gasteiger partial charge in [-0.05, 0) is 38.1 Å². The Kier molecular flexibility index (Phi) is 6.18. The van der Waals surface area contributed by atoms with Gasteiger partial charge in [-0.2, -0.15) is 0 Å². The van der Waals surface area contributed by atoms with Gasteiger partial charge in [0, 0.05) is 37.4 Å². The Hall–Kier alpha value is -3.85. The molecule has 172 valence electrons. The number of thiazole rings is 1. The number of pyridine rings is 1. The predicted molar refractivity (Wildman–Crippen MR) is 135 cm³/mol. The Balaban J connectivity index is 1.20. The van der Waals surface area contributed by atoms with Crippen molar-refractivity contribution in [2.24, 2.45) is 0 Å².